The van der Waals surface area contributed by atoms with Crippen LogP contribution in [0.2, 0.25) is 0 Å². The highest BCUT2D eigenvalue weighted by molar-refractivity contribution is 6.11. The Morgan fingerprint density at radius 3 is 0.774 bits per heavy atom. The van der Waals surface area contributed by atoms with Crippen molar-refractivity contribution in [3.8, 4) is 56.8 Å². The summed E-state index contributed by atoms with van der Waals surface area (Å²) in [6.45, 7) is 1.21. The van der Waals surface area contributed by atoms with E-state index in [1.54, 1.807) is 0 Å². The number of ether oxygens (including phenoxy) is 6. The number of aliphatic hydroxyl groups excluding tert-OH is 2. The number of aliphatic hydroxyl groups is 2. The maximum absolute atomic E-state index is 9.65. The molecule has 0 aliphatic carbocycles. The summed E-state index contributed by atoms with van der Waals surface area (Å²) in [7, 11) is 0. The molecule has 9 aromatic rings. The number of hydrogen-bond acceptors (Lipinski definition) is 8. The van der Waals surface area contributed by atoms with Crippen LogP contribution in [-0.2, 0) is 0 Å². The third-order valence-corrected chi connectivity index (χ3v) is 10.8. The summed E-state index contributed by atoms with van der Waals surface area (Å²) in [5, 5.41) is 27.7. The van der Waals surface area contributed by atoms with Gasteiger partial charge >= 0.3 is 0 Å². The molecule has 0 atom stereocenters. The normalized spacial score (nSPS) is 11.3. The summed E-state index contributed by atoms with van der Waals surface area (Å²) in [4.78, 5) is 0. The Hall–Kier alpha value is -7.26. The summed E-state index contributed by atoms with van der Waals surface area (Å²) >= 11 is 0. The van der Waals surface area contributed by atoms with Gasteiger partial charge in [-0.2, -0.15) is 0 Å². The van der Waals surface area contributed by atoms with Gasteiger partial charge in [-0.25, -0.2) is 0 Å². The molecule has 0 heterocycles. The molecule has 9 aromatic carbocycles. The van der Waals surface area contributed by atoms with Crippen LogP contribution in [-0.4, -0.2) is 63.1 Å². The van der Waals surface area contributed by atoms with E-state index in [9.17, 15) is 10.2 Å². The van der Waals surface area contributed by atoms with Gasteiger partial charge in [0.2, 0.25) is 0 Å². The second kappa shape index (κ2) is 19.0. The Labute approximate surface area is 360 Å². The van der Waals surface area contributed by atoms with Crippen molar-refractivity contribution in [2.24, 2.45) is 0 Å². The van der Waals surface area contributed by atoms with Crippen molar-refractivity contribution in [2.45, 2.75) is 0 Å². The topological polar surface area (TPSA) is 95.8 Å². The van der Waals surface area contributed by atoms with E-state index in [-0.39, 0.29) is 52.9 Å². The lowest BCUT2D eigenvalue weighted by molar-refractivity contribution is 0.192. The van der Waals surface area contributed by atoms with Gasteiger partial charge < -0.3 is 38.6 Å². The Morgan fingerprint density at radius 2 is 0.484 bits per heavy atom. The lowest BCUT2D eigenvalue weighted by Gasteiger charge is -2.20. The van der Waals surface area contributed by atoms with Gasteiger partial charge in [0.1, 0.15) is 62.6 Å². The smallest absolute Gasteiger partial charge is 0.161 e. The first kappa shape index (κ1) is 40.2. The first-order valence-electron chi connectivity index (χ1n) is 20.9. The van der Waals surface area contributed by atoms with Gasteiger partial charge in [0, 0.05) is 22.3 Å². The first-order chi connectivity index (χ1) is 30.7. The minimum atomic E-state index is -0.0959. The predicted molar refractivity (Wildman–Crippen MR) is 247 cm³/mol. The highest BCUT2D eigenvalue weighted by atomic mass is 16.6. The molecule has 0 saturated carbocycles. The summed E-state index contributed by atoms with van der Waals surface area (Å²) in [5.74, 6) is 3.93. The second-order valence-electron chi connectivity index (χ2n) is 14.6. The minimum Gasteiger partial charge on any atom is -0.491 e. The quantitative estimate of drug-likeness (QED) is 0.0826. The first-order valence-corrected chi connectivity index (χ1v) is 20.9. The van der Waals surface area contributed by atoms with Crippen LogP contribution in [0, 0.1) is 0 Å². The van der Waals surface area contributed by atoms with Crippen molar-refractivity contribution < 1.29 is 38.6 Å². The minimum absolute atomic E-state index is 0.0959. The fourth-order valence-electron chi connectivity index (χ4n) is 8.13. The highest BCUT2D eigenvalue weighted by Gasteiger charge is 2.21. The Kier molecular flexibility index (Phi) is 12.3. The maximum Gasteiger partial charge on any atom is 0.161 e. The zero-order valence-electron chi connectivity index (χ0n) is 34.2. The fraction of sp³-hybridized carbons (Fsp3) is 0.148. The molecule has 0 aliphatic heterocycles. The van der Waals surface area contributed by atoms with Crippen molar-refractivity contribution in [1.29, 1.82) is 0 Å². The molecule has 8 nitrogen and oxygen atoms in total. The molecular formula is C54H46O8. The molecule has 2 N–H and O–H groups in total. The molecular weight excluding hydrogens is 777 g/mol. The predicted octanol–water partition coefficient (Wildman–Crippen LogP) is 11.3. The van der Waals surface area contributed by atoms with E-state index in [1.165, 1.54) is 0 Å². The van der Waals surface area contributed by atoms with E-state index in [0.29, 0.717) is 34.5 Å². The van der Waals surface area contributed by atoms with Crippen LogP contribution in [0.3, 0.4) is 0 Å². The van der Waals surface area contributed by atoms with Crippen LogP contribution < -0.4 is 28.4 Å². The van der Waals surface area contributed by atoms with Gasteiger partial charge in [-0.15, -0.1) is 0 Å². The van der Waals surface area contributed by atoms with E-state index in [1.807, 2.05) is 109 Å². The van der Waals surface area contributed by atoms with Crippen LogP contribution in [0.15, 0.2) is 170 Å². The molecule has 0 aromatic heterocycles. The average Bonchev–Trinajstić information content (AvgIpc) is 3.32. The van der Waals surface area contributed by atoms with Gasteiger partial charge in [0.15, 0.2) is 11.5 Å². The van der Waals surface area contributed by atoms with E-state index >= 15 is 0 Å². The van der Waals surface area contributed by atoms with Gasteiger partial charge in [-0.05, 0) is 79.5 Å². The molecule has 0 fully saturated rings. The molecule has 0 unspecified atom stereocenters. The van der Waals surface area contributed by atoms with Crippen LogP contribution in [0.1, 0.15) is 0 Å². The van der Waals surface area contributed by atoms with Gasteiger partial charge in [-0.3, -0.25) is 0 Å². The van der Waals surface area contributed by atoms with E-state index < -0.39 is 0 Å². The van der Waals surface area contributed by atoms with Crippen molar-refractivity contribution in [3.63, 3.8) is 0 Å². The largest absolute Gasteiger partial charge is 0.491 e. The van der Waals surface area contributed by atoms with Crippen LogP contribution in [0.25, 0.3) is 65.3 Å². The maximum atomic E-state index is 9.65. The van der Waals surface area contributed by atoms with Crippen molar-refractivity contribution in [1.82, 2.24) is 0 Å². The summed E-state index contributed by atoms with van der Waals surface area (Å²) in [5.41, 5.74) is 3.66. The molecule has 0 radical (unpaired) electrons. The molecule has 8 heteroatoms. The lowest BCUT2D eigenvalue weighted by Crippen LogP contribution is -2.12. The van der Waals surface area contributed by atoms with E-state index in [2.05, 4.69) is 60.7 Å². The Morgan fingerprint density at radius 1 is 0.242 bits per heavy atom. The number of para-hydroxylation sites is 2. The standard InChI is InChI=1S/C54H46O8/c55-29-31-57-47-25-21-37-11-1-5-15-41(37)51(47)53-43-17-7-3-13-39(43)23-27-49(53)61-35-33-59-45-19-9-10-20-46(45)60-34-36-62-50-28-24-40-14-4-8-18-44(40)54(50)52-42-16-6-2-12-38(42)22-26-48(52)58-32-30-56/h1-28,55-56H,29-36H2. The molecule has 0 amide bonds. The van der Waals surface area contributed by atoms with Crippen molar-refractivity contribution >= 4 is 43.1 Å². The molecule has 0 saturated heterocycles. The zero-order valence-corrected chi connectivity index (χ0v) is 34.2. The number of fused-ring (bicyclic) bond motifs is 4. The SMILES string of the molecule is OCCOc1ccc2ccccc2c1-c1c(OCCOc2ccccc2OCCOc2ccc3ccccc3c2-c2c(OCCO)ccc3ccccc23)ccc2ccccc12. The third-order valence-electron chi connectivity index (χ3n) is 10.8. The van der Waals surface area contributed by atoms with Crippen LogP contribution in [0.5, 0.6) is 34.5 Å². The second-order valence-corrected chi connectivity index (χ2v) is 14.6. The molecule has 310 valence electrons. The zero-order chi connectivity index (χ0) is 42.1. The van der Waals surface area contributed by atoms with Crippen LogP contribution in [0.4, 0.5) is 0 Å². The van der Waals surface area contributed by atoms with Crippen molar-refractivity contribution in [3.05, 3.63) is 170 Å². The number of hydrogen-bond donors (Lipinski definition) is 2. The van der Waals surface area contributed by atoms with Gasteiger partial charge in [0.05, 0.1) is 13.2 Å². The fourth-order valence-corrected chi connectivity index (χ4v) is 8.13. The summed E-state index contributed by atoms with van der Waals surface area (Å²) in [6.07, 6.45) is 0. The van der Waals surface area contributed by atoms with Crippen LogP contribution >= 0.6 is 0 Å². The molecule has 0 bridgehead atoms. The monoisotopic (exact) mass is 822 g/mol. The number of rotatable bonds is 18. The lowest BCUT2D eigenvalue weighted by atomic mass is 9.92. The molecule has 62 heavy (non-hydrogen) atoms. The Balaban J connectivity index is 0.918. The molecule has 9 rings (SSSR count). The number of benzene rings is 9. The summed E-state index contributed by atoms with van der Waals surface area (Å²) in [6, 6.07) is 56.6. The summed E-state index contributed by atoms with van der Waals surface area (Å²) < 4.78 is 37.9. The molecule has 0 spiro atoms. The van der Waals surface area contributed by atoms with Gasteiger partial charge in [0.25, 0.3) is 0 Å². The van der Waals surface area contributed by atoms with Crippen molar-refractivity contribution in [2.75, 3.05) is 52.9 Å². The van der Waals surface area contributed by atoms with E-state index in [4.69, 9.17) is 28.4 Å². The highest BCUT2D eigenvalue weighted by Crippen LogP contribution is 2.47. The average molecular weight is 823 g/mol. The van der Waals surface area contributed by atoms with Gasteiger partial charge in [-0.1, -0.05) is 133 Å². The Bertz CT molecular complexity index is 2780. The van der Waals surface area contributed by atoms with E-state index in [0.717, 1.165) is 65.3 Å². The third kappa shape index (κ3) is 8.39. The molecule has 0 aliphatic rings.